The number of aromatic nitrogens is 5. The molecule has 0 spiro atoms. The first-order valence-corrected chi connectivity index (χ1v) is 12.5. The molecule has 186 valence electrons. The van der Waals surface area contributed by atoms with Crippen LogP contribution in [0.3, 0.4) is 0 Å². The predicted molar refractivity (Wildman–Crippen MR) is 138 cm³/mol. The molecule has 4 aromatic rings. The molecule has 0 bridgehead atoms. The van der Waals surface area contributed by atoms with Crippen molar-refractivity contribution in [2.24, 2.45) is 0 Å². The number of thiophene rings is 1. The molecule has 10 heteroatoms. The van der Waals surface area contributed by atoms with Gasteiger partial charge >= 0.3 is 0 Å². The Kier molecular flexibility index (Phi) is 8.99. The Bertz CT molecular complexity index is 1440. The maximum absolute atomic E-state index is 11.0. The molecule has 0 radical (unpaired) electrons. The number of carbonyl (C=O) groups excluding carboxylic acids is 2. The number of aryl methyl sites for hydroxylation is 1. The summed E-state index contributed by atoms with van der Waals surface area (Å²) in [5.41, 5.74) is 2.33. The zero-order chi connectivity index (χ0) is 25.9. The van der Waals surface area contributed by atoms with E-state index in [9.17, 15) is 9.59 Å². The summed E-state index contributed by atoms with van der Waals surface area (Å²) in [5.74, 6) is 7.27. The lowest BCUT2D eigenvalue weighted by Gasteiger charge is -2.07. The van der Waals surface area contributed by atoms with E-state index in [-0.39, 0.29) is 11.6 Å². The highest BCUT2D eigenvalue weighted by Gasteiger charge is 2.13. The highest BCUT2D eigenvalue weighted by molar-refractivity contribution is 7.10. The fourth-order valence-corrected chi connectivity index (χ4v) is 4.33. The normalized spacial score (nSPS) is 10.3. The summed E-state index contributed by atoms with van der Waals surface area (Å²) in [6.07, 6.45) is 8.63. The maximum Gasteiger partial charge on any atom is 0.298 e. The molecule has 4 rings (SSSR count). The van der Waals surface area contributed by atoms with Gasteiger partial charge in [0.2, 0.25) is 5.82 Å². The fourth-order valence-electron chi connectivity index (χ4n) is 3.53. The number of rotatable bonds is 11. The number of hydrogen-bond acceptors (Lipinski definition) is 10. The van der Waals surface area contributed by atoms with Crippen LogP contribution >= 0.6 is 11.3 Å². The molecule has 4 heterocycles. The summed E-state index contributed by atoms with van der Waals surface area (Å²) >= 11 is 1.60. The Morgan fingerprint density at radius 1 is 0.865 bits per heavy atom. The first-order valence-electron chi connectivity index (χ1n) is 11.7. The summed E-state index contributed by atoms with van der Waals surface area (Å²) in [5, 5.41) is 2.05. The van der Waals surface area contributed by atoms with Gasteiger partial charge < -0.3 is 9.47 Å². The molecule has 0 saturated carbocycles. The summed E-state index contributed by atoms with van der Waals surface area (Å²) in [6.45, 7) is 2.84. The predicted octanol–water partition coefficient (Wildman–Crippen LogP) is 4.65. The van der Waals surface area contributed by atoms with Crippen molar-refractivity contribution in [3.8, 4) is 46.2 Å². The van der Waals surface area contributed by atoms with Crippen LogP contribution in [0.15, 0.2) is 48.2 Å². The lowest BCUT2D eigenvalue weighted by atomic mass is 10.1. The van der Waals surface area contributed by atoms with E-state index in [0.29, 0.717) is 41.6 Å². The van der Waals surface area contributed by atoms with Crippen LogP contribution in [-0.4, -0.2) is 37.9 Å². The SMILES string of the molecule is CCCCCCc1ccsc1C#Cc1ncnc(-c2cc(OC=O)cc(-c3cc(OC=O)ccn3)n2)n1. The summed E-state index contributed by atoms with van der Waals surface area (Å²) in [6, 6.07) is 8.25. The minimum Gasteiger partial charge on any atom is -0.429 e. The molecular weight excluding hydrogens is 490 g/mol. The van der Waals surface area contributed by atoms with E-state index in [0.717, 1.165) is 17.7 Å². The molecule has 0 saturated heterocycles. The summed E-state index contributed by atoms with van der Waals surface area (Å²) in [4.78, 5) is 44.4. The minimum atomic E-state index is 0.220. The molecule has 0 fully saturated rings. The second kappa shape index (κ2) is 13.0. The third-order valence-electron chi connectivity index (χ3n) is 5.30. The van der Waals surface area contributed by atoms with Crippen LogP contribution in [0.1, 0.15) is 48.9 Å². The van der Waals surface area contributed by atoms with Crippen LogP contribution in [0.4, 0.5) is 0 Å². The zero-order valence-corrected chi connectivity index (χ0v) is 20.9. The molecule has 0 amide bonds. The first-order chi connectivity index (χ1) is 18.2. The fraction of sp³-hybridized carbons (Fsp3) is 0.222. The molecule has 0 aliphatic carbocycles. The molecule has 0 atom stereocenters. The van der Waals surface area contributed by atoms with Crippen LogP contribution in [0.25, 0.3) is 22.9 Å². The van der Waals surface area contributed by atoms with E-state index < -0.39 is 0 Å². The highest BCUT2D eigenvalue weighted by Crippen LogP contribution is 2.27. The van der Waals surface area contributed by atoms with Gasteiger partial charge in [-0.15, -0.1) is 11.3 Å². The Labute approximate surface area is 218 Å². The molecule has 0 aromatic carbocycles. The maximum atomic E-state index is 11.0. The number of pyridine rings is 2. The topological polar surface area (TPSA) is 117 Å². The van der Waals surface area contributed by atoms with E-state index in [1.807, 2.05) is 5.38 Å². The molecule has 4 aromatic heterocycles. The number of nitrogens with zero attached hydrogens (tertiary/aromatic N) is 5. The number of ether oxygens (including phenoxy) is 2. The molecule has 0 N–H and O–H groups in total. The summed E-state index contributed by atoms with van der Waals surface area (Å²) in [7, 11) is 0. The summed E-state index contributed by atoms with van der Waals surface area (Å²) < 4.78 is 9.95. The van der Waals surface area contributed by atoms with Gasteiger partial charge in [0, 0.05) is 24.4 Å². The average molecular weight is 514 g/mol. The molecule has 0 unspecified atom stereocenters. The minimum absolute atomic E-state index is 0.220. The molecule has 0 aliphatic heterocycles. The molecule has 0 aliphatic rings. The van der Waals surface area contributed by atoms with E-state index in [2.05, 4.69) is 49.8 Å². The number of unbranched alkanes of at least 4 members (excludes halogenated alkanes) is 3. The smallest absolute Gasteiger partial charge is 0.298 e. The Morgan fingerprint density at radius 2 is 1.68 bits per heavy atom. The van der Waals surface area contributed by atoms with Crippen molar-refractivity contribution in [1.82, 2.24) is 24.9 Å². The van der Waals surface area contributed by atoms with Crippen molar-refractivity contribution < 1.29 is 19.1 Å². The van der Waals surface area contributed by atoms with E-state index in [1.54, 1.807) is 11.3 Å². The van der Waals surface area contributed by atoms with Gasteiger partial charge in [-0.25, -0.2) is 15.0 Å². The molecule has 37 heavy (non-hydrogen) atoms. The number of hydrogen-bond donors (Lipinski definition) is 0. The second-order valence-corrected chi connectivity index (χ2v) is 8.76. The lowest BCUT2D eigenvalue weighted by Crippen LogP contribution is -2.00. The highest BCUT2D eigenvalue weighted by atomic mass is 32.1. The van der Waals surface area contributed by atoms with Crippen molar-refractivity contribution >= 4 is 24.3 Å². The third kappa shape index (κ3) is 7.02. The third-order valence-corrected chi connectivity index (χ3v) is 6.17. The van der Waals surface area contributed by atoms with Crippen molar-refractivity contribution in [2.45, 2.75) is 39.0 Å². The average Bonchev–Trinajstić information content (AvgIpc) is 3.38. The van der Waals surface area contributed by atoms with Crippen molar-refractivity contribution in [2.75, 3.05) is 0 Å². The quantitative estimate of drug-likeness (QED) is 0.160. The van der Waals surface area contributed by atoms with Gasteiger partial charge in [0.15, 0.2) is 5.82 Å². The van der Waals surface area contributed by atoms with Gasteiger partial charge in [-0.1, -0.05) is 26.2 Å². The van der Waals surface area contributed by atoms with E-state index in [4.69, 9.17) is 9.47 Å². The number of carbonyl (C=O) groups is 2. The Balaban J connectivity index is 1.62. The first kappa shape index (κ1) is 25.6. The molecule has 9 nitrogen and oxygen atoms in total. The largest absolute Gasteiger partial charge is 0.429 e. The lowest BCUT2D eigenvalue weighted by molar-refractivity contribution is -0.121. The Hall–Kier alpha value is -4.49. The van der Waals surface area contributed by atoms with Crippen LogP contribution in [-0.2, 0) is 16.0 Å². The standard InChI is InChI=1S/C27H23N5O4S/c1-2-3-4-5-6-19-10-12-37-25(19)7-8-26-29-16-30-27(32-26)24-15-21(36-18-34)14-23(31-24)22-13-20(35-17-33)9-11-28-22/h9-18H,2-6H2,1H3. The van der Waals surface area contributed by atoms with Crippen LogP contribution < -0.4 is 9.47 Å². The second-order valence-electron chi connectivity index (χ2n) is 7.85. The van der Waals surface area contributed by atoms with Gasteiger partial charge in [0.1, 0.15) is 23.5 Å². The van der Waals surface area contributed by atoms with Gasteiger partial charge in [0.25, 0.3) is 12.9 Å². The Morgan fingerprint density at radius 3 is 2.51 bits per heavy atom. The van der Waals surface area contributed by atoms with Crippen LogP contribution in [0.5, 0.6) is 11.5 Å². The van der Waals surface area contributed by atoms with Gasteiger partial charge in [-0.05, 0) is 47.8 Å². The van der Waals surface area contributed by atoms with Gasteiger partial charge in [-0.2, -0.15) is 4.98 Å². The van der Waals surface area contributed by atoms with Crippen molar-refractivity contribution in [1.29, 1.82) is 0 Å². The molecular formula is C27H23N5O4S. The van der Waals surface area contributed by atoms with Gasteiger partial charge in [-0.3, -0.25) is 14.6 Å². The van der Waals surface area contributed by atoms with E-state index >= 15 is 0 Å². The van der Waals surface area contributed by atoms with Crippen LogP contribution in [0.2, 0.25) is 0 Å². The van der Waals surface area contributed by atoms with Crippen molar-refractivity contribution in [3.05, 3.63) is 64.5 Å². The van der Waals surface area contributed by atoms with Crippen LogP contribution in [0, 0.1) is 11.8 Å². The zero-order valence-electron chi connectivity index (χ0n) is 20.1. The monoisotopic (exact) mass is 513 g/mol. The van der Waals surface area contributed by atoms with Crippen molar-refractivity contribution in [3.63, 3.8) is 0 Å². The van der Waals surface area contributed by atoms with E-state index in [1.165, 1.54) is 61.6 Å². The van der Waals surface area contributed by atoms with Gasteiger partial charge in [0.05, 0.1) is 16.3 Å².